The van der Waals surface area contributed by atoms with Crippen molar-refractivity contribution in [2.45, 2.75) is 12.8 Å². The molecule has 2 aliphatic heterocycles. The molecule has 0 amide bonds. The van der Waals surface area contributed by atoms with Gasteiger partial charge in [0, 0.05) is 32.7 Å². The van der Waals surface area contributed by atoms with Gasteiger partial charge >= 0.3 is 0 Å². The fourth-order valence-electron chi connectivity index (χ4n) is 3.66. The van der Waals surface area contributed by atoms with Crippen molar-refractivity contribution in [1.82, 2.24) is 9.80 Å². The van der Waals surface area contributed by atoms with Crippen LogP contribution in [-0.2, 0) is 6.42 Å². The first-order valence-corrected chi connectivity index (χ1v) is 9.98. The van der Waals surface area contributed by atoms with Crippen LogP contribution in [0.1, 0.15) is 12.0 Å². The number of hydrogen-bond acceptors (Lipinski definition) is 5. The highest BCUT2D eigenvalue weighted by atomic mass is 19.1. The average Bonchev–Trinajstić information content (AvgIpc) is 3.19. The van der Waals surface area contributed by atoms with Crippen LogP contribution >= 0.6 is 0 Å². The Balaban J connectivity index is 1.10. The van der Waals surface area contributed by atoms with Crippen molar-refractivity contribution in [2.75, 3.05) is 52.7 Å². The predicted octanol–water partition coefficient (Wildman–Crippen LogP) is 3.18. The maximum atomic E-state index is 12.9. The SMILES string of the molecule is Fc1ccc(OCCN2CCN(CCCc3ccc4c(c3)OCO4)CC2)cc1. The van der Waals surface area contributed by atoms with Crippen molar-refractivity contribution >= 4 is 0 Å². The summed E-state index contributed by atoms with van der Waals surface area (Å²) in [7, 11) is 0. The van der Waals surface area contributed by atoms with Crippen molar-refractivity contribution in [1.29, 1.82) is 0 Å². The molecule has 2 heterocycles. The summed E-state index contributed by atoms with van der Waals surface area (Å²) in [6.45, 7) is 7.31. The Kier molecular flexibility index (Phi) is 6.29. The van der Waals surface area contributed by atoms with E-state index in [1.165, 1.54) is 17.7 Å². The molecule has 1 fully saturated rings. The van der Waals surface area contributed by atoms with Gasteiger partial charge in [0.25, 0.3) is 0 Å². The number of rotatable bonds is 8. The first-order valence-electron chi connectivity index (χ1n) is 9.98. The molecule has 5 nitrogen and oxygen atoms in total. The molecular formula is C22H27FN2O3. The van der Waals surface area contributed by atoms with Gasteiger partial charge in [0.1, 0.15) is 18.2 Å². The molecule has 0 aromatic heterocycles. The second kappa shape index (κ2) is 9.26. The van der Waals surface area contributed by atoms with Crippen molar-refractivity contribution in [2.24, 2.45) is 0 Å². The number of fused-ring (bicyclic) bond motifs is 1. The van der Waals surface area contributed by atoms with E-state index in [0.29, 0.717) is 13.4 Å². The van der Waals surface area contributed by atoms with Crippen molar-refractivity contribution < 1.29 is 18.6 Å². The Hall–Kier alpha value is -2.31. The summed E-state index contributed by atoms with van der Waals surface area (Å²) in [5.41, 5.74) is 1.31. The van der Waals surface area contributed by atoms with Crippen LogP contribution in [-0.4, -0.2) is 62.5 Å². The van der Waals surface area contributed by atoms with E-state index < -0.39 is 0 Å². The molecule has 4 rings (SSSR count). The third kappa shape index (κ3) is 5.14. The van der Waals surface area contributed by atoms with Crippen LogP contribution < -0.4 is 14.2 Å². The lowest BCUT2D eigenvalue weighted by Gasteiger charge is -2.34. The second-order valence-electron chi connectivity index (χ2n) is 7.28. The molecule has 0 spiro atoms. The van der Waals surface area contributed by atoms with E-state index in [9.17, 15) is 4.39 Å². The zero-order chi connectivity index (χ0) is 19.2. The van der Waals surface area contributed by atoms with Crippen LogP contribution in [0.5, 0.6) is 17.2 Å². The van der Waals surface area contributed by atoms with Gasteiger partial charge in [0.05, 0.1) is 0 Å². The van der Waals surface area contributed by atoms with Crippen molar-refractivity contribution in [3.05, 3.63) is 53.8 Å². The number of benzene rings is 2. The molecule has 0 bridgehead atoms. The highest BCUT2D eigenvalue weighted by Gasteiger charge is 2.17. The Morgan fingerprint density at radius 1 is 0.857 bits per heavy atom. The molecule has 2 aliphatic rings. The van der Waals surface area contributed by atoms with Crippen LogP contribution in [0.4, 0.5) is 4.39 Å². The molecule has 1 saturated heterocycles. The fraction of sp³-hybridized carbons (Fsp3) is 0.455. The third-order valence-electron chi connectivity index (χ3n) is 5.33. The van der Waals surface area contributed by atoms with Gasteiger partial charge < -0.3 is 19.1 Å². The van der Waals surface area contributed by atoms with Gasteiger partial charge in [-0.2, -0.15) is 0 Å². The van der Waals surface area contributed by atoms with E-state index in [-0.39, 0.29) is 5.82 Å². The molecule has 150 valence electrons. The molecule has 0 unspecified atom stereocenters. The van der Waals surface area contributed by atoms with Crippen molar-refractivity contribution in [3.8, 4) is 17.2 Å². The Morgan fingerprint density at radius 3 is 2.36 bits per heavy atom. The average molecular weight is 386 g/mol. The Morgan fingerprint density at radius 2 is 1.57 bits per heavy atom. The summed E-state index contributed by atoms with van der Waals surface area (Å²) in [4.78, 5) is 4.96. The predicted molar refractivity (Wildman–Crippen MR) is 106 cm³/mol. The quantitative estimate of drug-likeness (QED) is 0.696. The van der Waals surface area contributed by atoms with Crippen LogP contribution in [0.2, 0.25) is 0 Å². The third-order valence-corrected chi connectivity index (χ3v) is 5.33. The summed E-state index contributed by atoms with van der Waals surface area (Å²) >= 11 is 0. The minimum absolute atomic E-state index is 0.234. The summed E-state index contributed by atoms with van der Waals surface area (Å²) < 4.78 is 29.4. The molecule has 0 saturated carbocycles. The highest BCUT2D eigenvalue weighted by Crippen LogP contribution is 2.32. The Bertz CT molecular complexity index is 761. The first-order chi connectivity index (χ1) is 13.8. The zero-order valence-electron chi connectivity index (χ0n) is 16.1. The molecule has 0 N–H and O–H groups in total. The number of halogens is 1. The van der Waals surface area contributed by atoms with E-state index in [2.05, 4.69) is 21.9 Å². The van der Waals surface area contributed by atoms with E-state index in [1.807, 2.05) is 6.07 Å². The number of nitrogens with zero attached hydrogens (tertiary/aromatic N) is 2. The molecule has 0 radical (unpaired) electrons. The van der Waals surface area contributed by atoms with Crippen LogP contribution in [0.25, 0.3) is 0 Å². The van der Waals surface area contributed by atoms with Gasteiger partial charge in [-0.1, -0.05) is 6.07 Å². The largest absolute Gasteiger partial charge is 0.492 e. The van der Waals surface area contributed by atoms with E-state index >= 15 is 0 Å². The molecule has 0 aliphatic carbocycles. The molecule has 6 heteroatoms. The van der Waals surface area contributed by atoms with Gasteiger partial charge in [-0.15, -0.1) is 0 Å². The van der Waals surface area contributed by atoms with Gasteiger partial charge in [-0.25, -0.2) is 4.39 Å². The van der Waals surface area contributed by atoms with Crippen LogP contribution in [0.15, 0.2) is 42.5 Å². The van der Waals surface area contributed by atoms with Crippen molar-refractivity contribution in [3.63, 3.8) is 0 Å². The number of piperazine rings is 1. The molecule has 2 aromatic carbocycles. The number of aryl methyl sites for hydroxylation is 1. The van der Waals surface area contributed by atoms with Gasteiger partial charge in [-0.05, 0) is 61.3 Å². The highest BCUT2D eigenvalue weighted by molar-refractivity contribution is 5.44. The standard InChI is InChI=1S/C22H27FN2O3/c23-19-4-6-20(7-5-19)26-15-14-25-12-10-24(11-13-25)9-1-2-18-3-8-21-22(16-18)28-17-27-21/h3-8,16H,1-2,9-15,17H2. The minimum atomic E-state index is -0.234. The molecule has 2 aromatic rings. The number of ether oxygens (including phenoxy) is 3. The summed E-state index contributed by atoms with van der Waals surface area (Å²) in [6.07, 6.45) is 2.20. The first kappa shape index (κ1) is 19.0. The summed E-state index contributed by atoms with van der Waals surface area (Å²) in [5.74, 6) is 2.21. The Labute approximate surface area is 165 Å². The topological polar surface area (TPSA) is 34.2 Å². The van der Waals surface area contributed by atoms with E-state index in [4.69, 9.17) is 14.2 Å². The smallest absolute Gasteiger partial charge is 0.231 e. The monoisotopic (exact) mass is 386 g/mol. The second-order valence-corrected chi connectivity index (χ2v) is 7.28. The van der Waals surface area contributed by atoms with Gasteiger partial charge in [0.15, 0.2) is 11.5 Å². The molecular weight excluding hydrogens is 359 g/mol. The normalized spacial score (nSPS) is 17.0. The van der Waals surface area contributed by atoms with E-state index in [1.54, 1.807) is 12.1 Å². The van der Waals surface area contributed by atoms with Crippen LogP contribution in [0, 0.1) is 5.82 Å². The number of hydrogen-bond donors (Lipinski definition) is 0. The lowest BCUT2D eigenvalue weighted by atomic mass is 10.1. The maximum absolute atomic E-state index is 12.9. The lowest BCUT2D eigenvalue weighted by Crippen LogP contribution is -2.47. The fourth-order valence-corrected chi connectivity index (χ4v) is 3.66. The van der Waals surface area contributed by atoms with Gasteiger partial charge in [-0.3, -0.25) is 4.90 Å². The molecule has 28 heavy (non-hydrogen) atoms. The summed E-state index contributed by atoms with van der Waals surface area (Å²) in [6, 6.07) is 12.4. The minimum Gasteiger partial charge on any atom is -0.492 e. The zero-order valence-corrected chi connectivity index (χ0v) is 16.1. The van der Waals surface area contributed by atoms with E-state index in [0.717, 1.165) is 69.4 Å². The van der Waals surface area contributed by atoms with Gasteiger partial charge in [0.2, 0.25) is 6.79 Å². The van der Waals surface area contributed by atoms with Crippen LogP contribution in [0.3, 0.4) is 0 Å². The summed E-state index contributed by atoms with van der Waals surface area (Å²) in [5, 5.41) is 0. The maximum Gasteiger partial charge on any atom is 0.231 e. The molecule has 0 atom stereocenters. The lowest BCUT2D eigenvalue weighted by molar-refractivity contribution is 0.116.